The summed E-state index contributed by atoms with van der Waals surface area (Å²) < 4.78 is 3.33. The molecule has 0 saturated heterocycles. The third-order valence-electron chi connectivity index (χ3n) is 3.13. The second-order valence-electron chi connectivity index (χ2n) is 4.59. The predicted molar refractivity (Wildman–Crippen MR) is 73.6 cm³/mol. The van der Waals surface area contributed by atoms with E-state index >= 15 is 0 Å². The molecule has 102 valence electrons. The van der Waals surface area contributed by atoms with Crippen LogP contribution in [0.1, 0.15) is 34.4 Å². The van der Waals surface area contributed by atoms with Gasteiger partial charge in [0.1, 0.15) is 0 Å². The smallest absolute Gasteiger partial charge is 0.172 e. The Morgan fingerprint density at radius 2 is 2.05 bits per heavy atom. The summed E-state index contributed by atoms with van der Waals surface area (Å²) in [6.45, 7) is 3.82. The molecule has 6 heteroatoms. The summed E-state index contributed by atoms with van der Waals surface area (Å²) in [4.78, 5) is 12.4. The van der Waals surface area contributed by atoms with Crippen molar-refractivity contribution in [2.45, 2.75) is 26.7 Å². The number of hydrogen-bond donors (Lipinski definition) is 0. The molecule has 0 bridgehead atoms. The van der Waals surface area contributed by atoms with Gasteiger partial charge in [0.2, 0.25) is 0 Å². The molecule has 0 aliphatic heterocycles. The highest BCUT2D eigenvalue weighted by atomic mass is 35.5. The van der Waals surface area contributed by atoms with Gasteiger partial charge in [-0.15, -0.1) is 0 Å². The lowest BCUT2D eigenvalue weighted by molar-refractivity contribution is 0.0990. The first-order valence-corrected chi connectivity index (χ1v) is 6.55. The normalized spacial score (nSPS) is 11.0. The summed E-state index contributed by atoms with van der Waals surface area (Å²) in [7, 11) is 3.61. The maximum atomic E-state index is 12.4. The molecule has 0 atom stereocenters. The molecule has 0 spiro atoms. The van der Waals surface area contributed by atoms with Crippen LogP contribution < -0.4 is 0 Å². The fraction of sp³-hybridized carbons (Fsp3) is 0.462. The van der Waals surface area contributed by atoms with E-state index < -0.39 is 0 Å². The first-order chi connectivity index (χ1) is 8.93. The zero-order chi connectivity index (χ0) is 14.2. The summed E-state index contributed by atoms with van der Waals surface area (Å²) in [6.07, 6.45) is 2.74. The quantitative estimate of drug-likeness (QED) is 0.806. The summed E-state index contributed by atoms with van der Waals surface area (Å²) in [5, 5.41) is 9.07. The van der Waals surface area contributed by atoms with Crippen molar-refractivity contribution in [1.29, 1.82) is 0 Å². The monoisotopic (exact) mass is 280 g/mol. The number of aryl methyl sites for hydroxylation is 4. The molecular formula is C13H17ClN4O. The van der Waals surface area contributed by atoms with E-state index in [4.69, 9.17) is 11.6 Å². The van der Waals surface area contributed by atoms with Gasteiger partial charge in [0.25, 0.3) is 0 Å². The summed E-state index contributed by atoms with van der Waals surface area (Å²) >= 11 is 6.17. The molecule has 0 aliphatic carbocycles. The maximum absolute atomic E-state index is 12.4. The third kappa shape index (κ3) is 2.56. The van der Waals surface area contributed by atoms with Crippen LogP contribution in [0.4, 0.5) is 0 Å². The molecule has 2 heterocycles. The zero-order valence-electron chi connectivity index (χ0n) is 11.6. The number of rotatable bonds is 4. The van der Waals surface area contributed by atoms with Gasteiger partial charge in [-0.05, 0) is 13.3 Å². The van der Waals surface area contributed by atoms with Crippen LogP contribution in [0.2, 0.25) is 5.02 Å². The Morgan fingerprint density at radius 3 is 2.58 bits per heavy atom. The van der Waals surface area contributed by atoms with Gasteiger partial charge in [-0.25, -0.2) is 0 Å². The fourth-order valence-corrected chi connectivity index (χ4v) is 2.37. The van der Waals surface area contributed by atoms with Crippen LogP contribution in [0, 0.1) is 6.92 Å². The minimum atomic E-state index is 0.0230. The molecule has 19 heavy (non-hydrogen) atoms. The van der Waals surface area contributed by atoms with Crippen LogP contribution in [0.25, 0.3) is 0 Å². The number of aromatic nitrogens is 4. The number of carbonyl (C=O) groups excluding carboxylic acids is 1. The molecule has 0 aromatic carbocycles. The molecule has 2 rings (SSSR count). The van der Waals surface area contributed by atoms with Crippen molar-refractivity contribution in [3.05, 3.63) is 33.9 Å². The van der Waals surface area contributed by atoms with Crippen molar-refractivity contribution < 1.29 is 4.79 Å². The Labute approximate surface area is 117 Å². The van der Waals surface area contributed by atoms with E-state index in [9.17, 15) is 4.79 Å². The maximum Gasteiger partial charge on any atom is 0.172 e. The van der Waals surface area contributed by atoms with Crippen LogP contribution in [0.3, 0.4) is 0 Å². The Kier molecular flexibility index (Phi) is 3.75. The van der Waals surface area contributed by atoms with Crippen LogP contribution in [0.15, 0.2) is 6.20 Å². The molecule has 0 fully saturated rings. The molecule has 2 aromatic rings. The molecule has 0 N–H and O–H groups in total. The first-order valence-electron chi connectivity index (χ1n) is 6.17. The van der Waals surface area contributed by atoms with Crippen molar-refractivity contribution >= 4 is 17.4 Å². The van der Waals surface area contributed by atoms with Crippen molar-refractivity contribution in [3.8, 4) is 0 Å². The van der Waals surface area contributed by atoms with E-state index in [2.05, 4.69) is 10.2 Å². The fourth-order valence-electron chi connectivity index (χ4n) is 2.15. The average molecular weight is 281 g/mol. The van der Waals surface area contributed by atoms with E-state index in [1.165, 1.54) is 0 Å². The van der Waals surface area contributed by atoms with Crippen LogP contribution >= 0.6 is 11.6 Å². The number of halogens is 1. The van der Waals surface area contributed by atoms with Crippen molar-refractivity contribution in [2.24, 2.45) is 14.1 Å². The van der Waals surface area contributed by atoms with Crippen molar-refractivity contribution in [2.75, 3.05) is 0 Å². The van der Waals surface area contributed by atoms with E-state index in [0.717, 1.165) is 23.5 Å². The highest BCUT2D eigenvalue weighted by Crippen LogP contribution is 2.21. The van der Waals surface area contributed by atoms with Gasteiger partial charge in [0.05, 0.1) is 34.1 Å². The predicted octanol–water partition coefficient (Wildman–Crippen LogP) is 2.10. The first kappa shape index (κ1) is 13.8. The van der Waals surface area contributed by atoms with Crippen molar-refractivity contribution in [1.82, 2.24) is 19.6 Å². The van der Waals surface area contributed by atoms with Gasteiger partial charge in [-0.2, -0.15) is 10.2 Å². The van der Waals surface area contributed by atoms with Gasteiger partial charge < -0.3 is 0 Å². The molecular weight excluding hydrogens is 264 g/mol. The third-order valence-corrected chi connectivity index (χ3v) is 3.62. The molecule has 0 radical (unpaired) electrons. The van der Waals surface area contributed by atoms with Gasteiger partial charge in [-0.1, -0.05) is 18.5 Å². The van der Waals surface area contributed by atoms with E-state index in [-0.39, 0.29) is 12.2 Å². The molecule has 2 aromatic heterocycles. The Balaban J connectivity index is 2.30. The number of carbonyl (C=O) groups is 1. The van der Waals surface area contributed by atoms with E-state index in [1.807, 2.05) is 20.9 Å². The second kappa shape index (κ2) is 5.17. The Hall–Kier alpha value is -1.62. The molecule has 0 unspecified atom stereocenters. The molecule has 0 saturated carbocycles. The number of Topliss-reactive ketones (excluding diaryl/α,β-unsaturated/α-hetero) is 1. The minimum absolute atomic E-state index is 0.0230. The SMILES string of the molecule is CCc1nn(C)cc1C(=O)Cc1c(Cl)c(C)nn1C. The Morgan fingerprint density at radius 1 is 1.37 bits per heavy atom. The van der Waals surface area contributed by atoms with Crippen molar-refractivity contribution in [3.63, 3.8) is 0 Å². The largest absolute Gasteiger partial charge is 0.294 e. The van der Waals surface area contributed by atoms with Gasteiger partial charge in [0, 0.05) is 20.3 Å². The second-order valence-corrected chi connectivity index (χ2v) is 4.96. The lowest BCUT2D eigenvalue weighted by Crippen LogP contribution is -2.09. The molecule has 5 nitrogen and oxygen atoms in total. The van der Waals surface area contributed by atoms with Crippen LogP contribution in [-0.2, 0) is 26.9 Å². The summed E-state index contributed by atoms with van der Waals surface area (Å²) in [5.41, 5.74) is 2.98. The molecule has 0 amide bonds. The van der Waals surface area contributed by atoms with E-state index in [0.29, 0.717) is 10.6 Å². The topological polar surface area (TPSA) is 52.7 Å². The van der Waals surface area contributed by atoms with Gasteiger partial charge >= 0.3 is 0 Å². The van der Waals surface area contributed by atoms with Crippen LogP contribution in [-0.4, -0.2) is 25.3 Å². The van der Waals surface area contributed by atoms with Gasteiger partial charge in [-0.3, -0.25) is 14.2 Å². The number of hydrogen-bond acceptors (Lipinski definition) is 3. The summed E-state index contributed by atoms with van der Waals surface area (Å²) in [6, 6.07) is 0. The number of ketones is 1. The minimum Gasteiger partial charge on any atom is -0.294 e. The standard InChI is InChI=1S/C13H17ClN4O/c1-5-10-9(7-17(3)16-10)12(19)6-11-13(14)8(2)15-18(11)4/h7H,5-6H2,1-4H3. The highest BCUT2D eigenvalue weighted by molar-refractivity contribution is 6.32. The summed E-state index contributed by atoms with van der Waals surface area (Å²) in [5.74, 6) is 0.0230. The molecule has 0 aliphatic rings. The van der Waals surface area contributed by atoms with Gasteiger partial charge in [0.15, 0.2) is 5.78 Å². The van der Waals surface area contributed by atoms with Crippen LogP contribution in [0.5, 0.6) is 0 Å². The Bertz CT molecular complexity index is 627. The van der Waals surface area contributed by atoms with E-state index in [1.54, 1.807) is 22.6 Å². The lowest BCUT2D eigenvalue weighted by atomic mass is 10.1. The lowest BCUT2D eigenvalue weighted by Gasteiger charge is -2.02. The highest BCUT2D eigenvalue weighted by Gasteiger charge is 2.19. The number of nitrogens with zero attached hydrogens (tertiary/aromatic N) is 4. The average Bonchev–Trinajstić information content (AvgIpc) is 2.85. The zero-order valence-corrected chi connectivity index (χ0v) is 12.3.